The summed E-state index contributed by atoms with van der Waals surface area (Å²) in [4.78, 5) is 28.0. The summed E-state index contributed by atoms with van der Waals surface area (Å²) >= 11 is 0. The molecule has 3 fully saturated rings. The number of rotatable bonds is 4. The van der Waals surface area contributed by atoms with Gasteiger partial charge in [-0.2, -0.15) is 0 Å². The quantitative estimate of drug-likeness (QED) is 0.781. The van der Waals surface area contributed by atoms with Crippen LogP contribution in [0.25, 0.3) is 0 Å². The van der Waals surface area contributed by atoms with Crippen LogP contribution in [0.2, 0.25) is 0 Å². The number of likely N-dealkylation sites (tertiary alicyclic amines) is 2. The Hall–Kier alpha value is -1.10. The van der Waals surface area contributed by atoms with Crippen LogP contribution in [0.15, 0.2) is 0 Å². The van der Waals surface area contributed by atoms with E-state index in [1.807, 2.05) is 9.80 Å². The van der Waals surface area contributed by atoms with Gasteiger partial charge in [0.05, 0.1) is 6.61 Å². The van der Waals surface area contributed by atoms with Crippen molar-refractivity contribution in [3.05, 3.63) is 0 Å². The summed E-state index contributed by atoms with van der Waals surface area (Å²) in [6.45, 7) is 5.48. The maximum atomic E-state index is 12.3. The summed E-state index contributed by atoms with van der Waals surface area (Å²) in [5.74, 6) is 1.44. The summed E-state index contributed by atoms with van der Waals surface area (Å²) in [7, 11) is 1.73. The second kappa shape index (κ2) is 5.59. The van der Waals surface area contributed by atoms with Crippen molar-refractivity contribution in [1.29, 1.82) is 0 Å². The van der Waals surface area contributed by atoms with Crippen LogP contribution in [0.1, 0.15) is 32.6 Å². The lowest BCUT2D eigenvalue weighted by molar-refractivity contribution is -0.136. The number of amides is 2. The van der Waals surface area contributed by atoms with Gasteiger partial charge in [0.15, 0.2) is 0 Å². The van der Waals surface area contributed by atoms with E-state index >= 15 is 0 Å². The van der Waals surface area contributed by atoms with Crippen LogP contribution in [0, 0.1) is 17.3 Å². The third-order valence-corrected chi connectivity index (χ3v) is 5.52. The normalized spacial score (nSPS) is 32.2. The van der Waals surface area contributed by atoms with Gasteiger partial charge in [-0.15, -0.1) is 0 Å². The fourth-order valence-electron chi connectivity index (χ4n) is 3.97. The zero-order chi connectivity index (χ0) is 15.0. The number of ether oxygens (including phenoxy) is 1. The van der Waals surface area contributed by atoms with Crippen LogP contribution in [0.3, 0.4) is 0 Å². The molecule has 2 heterocycles. The lowest BCUT2D eigenvalue weighted by Gasteiger charge is -2.43. The molecule has 0 spiro atoms. The highest BCUT2D eigenvalue weighted by Crippen LogP contribution is 2.43. The Labute approximate surface area is 126 Å². The number of nitrogens with zero attached hydrogens (tertiary/aromatic N) is 2. The highest BCUT2D eigenvalue weighted by atomic mass is 16.5. The first-order chi connectivity index (χ1) is 10.0. The van der Waals surface area contributed by atoms with Crippen molar-refractivity contribution < 1.29 is 14.3 Å². The summed E-state index contributed by atoms with van der Waals surface area (Å²) in [5, 5.41) is 0. The predicted octanol–water partition coefficient (Wildman–Crippen LogP) is 1.13. The van der Waals surface area contributed by atoms with Gasteiger partial charge in [-0.3, -0.25) is 9.59 Å². The van der Waals surface area contributed by atoms with Crippen molar-refractivity contribution >= 4 is 11.8 Å². The molecule has 0 bridgehead atoms. The molecule has 1 aliphatic carbocycles. The smallest absolute Gasteiger partial charge is 0.222 e. The topological polar surface area (TPSA) is 49.9 Å². The minimum absolute atomic E-state index is 0.0524. The minimum atomic E-state index is 0.0524. The zero-order valence-electron chi connectivity index (χ0n) is 13.1. The molecule has 0 aromatic heterocycles. The first-order valence-corrected chi connectivity index (χ1v) is 8.06. The number of carbonyl (C=O) groups excluding carboxylic acids is 2. The molecule has 0 aromatic rings. The number of piperidine rings is 1. The highest BCUT2D eigenvalue weighted by molar-refractivity contribution is 5.77. The lowest BCUT2D eigenvalue weighted by Crippen LogP contribution is -2.50. The average molecular weight is 294 g/mol. The average Bonchev–Trinajstić information content (AvgIpc) is 3.16. The van der Waals surface area contributed by atoms with Crippen molar-refractivity contribution in [3.63, 3.8) is 0 Å². The van der Waals surface area contributed by atoms with E-state index in [0.29, 0.717) is 24.3 Å². The first kappa shape index (κ1) is 14.8. The molecule has 0 radical (unpaired) electrons. The maximum absolute atomic E-state index is 12.3. The maximum Gasteiger partial charge on any atom is 0.222 e. The largest absolute Gasteiger partial charge is 0.384 e. The van der Waals surface area contributed by atoms with Crippen LogP contribution in [0.5, 0.6) is 0 Å². The highest BCUT2D eigenvalue weighted by Gasteiger charge is 2.50. The van der Waals surface area contributed by atoms with Gasteiger partial charge < -0.3 is 14.5 Å². The summed E-state index contributed by atoms with van der Waals surface area (Å²) in [6.07, 6.45) is 4.11. The van der Waals surface area contributed by atoms with Gasteiger partial charge >= 0.3 is 0 Å². The zero-order valence-corrected chi connectivity index (χ0v) is 13.1. The molecule has 0 N–H and O–H groups in total. The van der Waals surface area contributed by atoms with Gasteiger partial charge in [-0.25, -0.2) is 0 Å². The van der Waals surface area contributed by atoms with Crippen molar-refractivity contribution in [2.75, 3.05) is 39.9 Å². The van der Waals surface area contributed by atoms with Crippen LogP contribution >= 0.6 is 0 Å². The van der Waals surface area contributed by atoms with Gasteiger partial charge in [0.2, 0.25) is 11.8 Å². The number of fused-ring (bicyclic) bond motifs is 1. The number of hydrogen-bond acceptors (Lipinski definition) is 3. The lowest BCUT2D eigenvalue weighted by atomic mass is 9.73. The molecule has 5 heteroatoms. The molecule has 2 amide bonds. The van der Waals surface area contributed by atoms with Gasteiger partial charge in [-0.1, -0.05) is 0 Å². The van der Waals surface area contributed by atoms with Crippen molar-refractivity contribution in [1.82, 2.24) is 9.80 Å². The van der Waals surface area contributed by atoms with Crippen LogP contribution in [0.4, 0.5) is 0 Å². The Morgan fingerprint density at radius 1 is 1.24 bits per heavy atom. The molecule has 3 aliphatic rings. The molecular formula is C16H26N2O3. The summed E-state index contributed by atoms with van der Waals surface area (Å²) < 4.78 is 5.44. The molecule has 1 saturated carbocycles. The van der Waals surface area contributed by atoms with Crippen molar-refractivity contribution in [2.24, 2.45) is 17.3 Å². The van der Waals surface area contributed by atoms with E-state index in [4.69, 9.17) is 4.74 Å². The Morgan fingerprint density at radius 3 is 2.57 bits per heavy atom. The Kier molecular flexibility index (Phi) is 3.95. The number of carbonyl (C=O) groups is 2. The summed E-state index contributed by atoms with van der Waals surface area (Å²) in [6, 6.07) is 0. The number of methoxy groups -OCH3 is 1. The molecule has 2 aliphatic heterocycles. The first-order valence-electron chi connectivity index (χ1n) is 8.06. The standard InChI is InChI=1S/C16H26N2O3/c1-12(19)18-9-14-8-17(15(20)7-13-3-4-13)6-5-16(14,10-18)11-21-2/h13-14H,3-11H2,1-2H3/t14-,16+/m1/s1. The van der Waals surface area contributed by atoms with Gasteiger partial charge in [-0.05, 0) is 25.2 Å². The van der Waals surface area contributed by atoms with E-state index in [1.54, 1.807) is 14.0 Å². The second-order valence-corrected chi connectivity index (χ2v) is 7.13. The second-order valence-electron chi connectivity index (χ2n) is 7.13. The monoisotopic (exact) mass is 294 g/mol. The van der Waals surface area contributed by atoms with Crippen molar-refractivity contribution in [3.8, 4) is 0 Å². The molecule has 3 rings (SSSR count). The van der Waals surface area contributed by atoms with Crippen LogP contribution in [-0.4, -0.2) is 61.5 Å². The van der Waals surface area contributed by atoms with E-state index < -0.39 is 0 Å². The number of hydrogen-bond donors (Lipinski definition) is 0. The SMILES string of the molecule is COC[C@@]12CCN(C(=O)CC3CC3)C[C@@H]1CN(C(C)=O)C2. The third-order valence-electron chi connectivity index (χ3n) is 5.52. The van der Waals surface area contributed by atoms with Crippen LogP contribution < -0.4 is 0 Å². The van der Waals surface area contributed by atoms with Gasteiger partial charge in [0, 0.05) is 58.0 Å². The van der Waals surface area contributed by atoms with E-state index in [1.165, 1.54) is 12.8 Å². The molecule has 2 atom stereocenters. The summed E-state index contributed by atoms with van der Waals surface area (Å²) in [5.41, 5.74) is 0.0524. The minimum Gasteiger partial charge on any atom is -0.384 e. The van der Waals surface area contributed by atoms with Crippen molar-refractivity contribution in [2.45, 2.75) is 32.6 Å². The Bertz CT molecular complexity index is 435. The Balaban J connectivity index is 1.67. The fourth-order valence-corrected chi connectivity index (χ4v) is 3.97. The molecule has 0 aromatic carbocycles. The Morgan fingerprint density at radius 2 is 1.95 bits per heavy atom. The van der Waals surface area contributed by atoms with Crippen LogP contribution in [-0.2, 0) is 14.3 Å². The fraction of sp³-hybridized carbons (Fsp3) is 0.875. The van der Waals surface area contributed by atoms with Gasteiger partial charge in [0.1, 0.15) is 0 Å². The molecular weight excluding hydrogens is 268 g/mol. The van der Waals surface area contributed by atoms with E-state index in [9.17, 15) is 9.59 Å². The molecule has 118 valence electrons. The van der Waals surface area contributed by atoms with E-state index in [0.717, 1.165) is 39.0 Å². The molecule has 0 unspecified atom stereocenters. The molecule has 5 nitrogen and oxygen atoms in total. The third kappa shape index (κ3) is 2.93. The van der Waals surface area contributed by atoms with E-state index in [-0.39, 0.29) is 11.3 Å². The predicted molar refractivity (Wildman–Crippen MR) is 78.6 cm³/mol. The van der Waals surface area contributed by atoms with Gasteiger partial charge in [0.25, 0.3) is 0 Å². The van der Waals surface area contributed by atoms with E-state index in [2.05, 4.69) is 0 Å². The molecule has 21 heavy (non-hydrogen) atoms. The molecule has 2 saturated heterocycles.